The molecule has 114 valence electrons. The lowest BCUT2D eigenvalue weighted by Crippen LogP contribution is -2.42. The van der Waals surface area contributed by atoms with Crippen molar-refractivity contribution in [3.05, 3.63) is 28.2 Å². The van der Waals surface area contributed by atoms with Gasteiger partial charge in [-0.05, 0) is 37.5 Å². The molecule has 1 aromatic rings. The van der Waals surface area contributed by atoms with Gasteiger partial charge in [-0.2, -0.15) is 0 Å². The Morgan fingerprint density at radius 3 is 2.71 bits per heavy atom. The minimum Gasteiger partial charge on any atom is -0.481 e. The number of carbonyl (C=O) groups excluding carboxylic acids is 1. The molecule has 1 saturated carbocycles. The summed E-state index contributed by atoms with van der Waals surface area (Å²) in [7, 11) is 0. The van der Waals surface area contributed by atoms with Crippen molar-refractivity contribution >= 4 is 40.9 Å². The lowest BCUT2D eigenvalue weighted by Gasteiger charge is -2.27. The van der Waals surface area contributed by atoms with Crippen LogP contribution in [0, 0.1) is 5.92 Å². The number of urea groups is 1. The van der Waals surface area contributed by atoms with E-state index in [0.717, 1.165) is 12.8 Å². The molecule has 2 rings (SSSR count). The molecular weight excluding hydrogens is 315 g/mol. The van der Waals surface area contributed by atoms with Crippen molar-refractivity contribution < 1.29 is 14.7 Å². The van der Waals surface area contributed by atoms with Crippen molar-refractivity contribution in [2.45, 2.75) is 31.7 Å². The second-order valence-electron chi connectivity index (χ2n) is 5.12. The van der Waals surface area contributed by atoms with Gasteiger partial charge in [-0.3, -0.25) is 4.79 Å². The average Bonchev–Trinajstić information content (AvgIpc) is 2.43. The summed E-state index contributed by atoms with van der Waals surface area (Å²) in [4.78, 5) is 22.9. The minimum atomic E-state index is -0.806. The normalized spacial score (nSPS) is 21.6. The summed E-state index contributed by atoms with van der Waals surface area (Å²) in [6.45, 7) is 0. The second-order valence-corrected chi connectivity index (χ2v) is 5.96. The molecule has 0 aliphatic heterocycles. The maximum atomic E-state index is 11.9. The molecule has 2 atom stereocenters. The Balaban J connectivity index is 1.92. The number of hydrogen-bond donors (Lipinski definition) is 3. The molecule has 2 amide bonds. The summed E-state index contributed by atoms with van der Waals surface area (Å²) in [5, 5.41) is 15.3. The number of hydrogen-bond acceptors (Lipinski definition) is 2. The fourth-order valence-corrected chi connectivity index (χ4v) is 2.82. The molecule has 21 heavy (non-hydrogen) atoms. The van der Waals surface area contributed by atoms with Crippen LogP contribution in [0.3, 0.4) is 0 Å². The summed E-state index contributed by atoms with van der Waals surface area (Å²) < 4.78 is 0. The van der Waals surface area contributed by atoms with Gasteiger partial charge in [0.1, 0.15) is 0 Å². The molecule has 1 aromatic carbocycles. The minimum absolute atomic E-state index is 0.141. The molecule has 0 bridgehead atoms. The van der Waals surface area contributed by atoms with E-state index in [1.54, 1.807) is 18.2 Å². The van der Waals surface area contributed by atoms with Crippen molar-refractivity contribution in [1.82, 2.24) is 5.32 Å². The van der Waals surface area contributed by atoms with Crippen molar-refractivity contribution in [2.75, 3.05) is 5.32 Å². The monoisotopic (exact) mass is 330 g/mol. The Morgan fingerprint density at radius 2 is 2.00 bits per heavy atom. The number of carbonyl (C=O) groups is 2. The van der Waals surface area contributed by atoms with Gasteiger partial charge < -0.3 is 15.7 Å². The largest absolute Gasteiger partial charge is 0.481 e. The van der Waals surface area contributed by atoms with E-state index in [1.165, 1.54) is 0 Å². The van der Waals surface area contributed by atoms with Crippen LogP contribution in [0.25, 0.3) is 0 Å². The smallest absolute Gasteiger partial charge is 0.319 e. The standard InChI is InChI=1S/C14H16Cl2N2O3/c15-9-4-5-11(16)12(7-9)18-14(21)17-10-3-1-2-8(6-10)13(19)20/h4-5,7-8,10H,1-3,6H2,(H,19,20)(H2,17,18,21). The lowest BCUT2D eigenvalue weighted by molar-refractivity contribution is -0.143. The molecule has 3 N–H and O–H groups in total. The van der Waals surface area contributed by atoms with Crippen LogP contribution >= 0.6 is 23.2 Å². The van der Waals surface area contributed by atoms with Crippen LogP contribution in [-0.4, -0.2) is 23.1 Å². The number of halogens is 2. The highest BCUT2D eigenvalue weighted by atomic mass is 35.5. The molecule has 5 nitrogen and oxygen atoms in total. The van der Waals surface area contributed by atoms with Gasteiger partial charge in [0.2, 0.25) is 0 Å². The molecule has 1 aliphatic rings. The van der Waals surface area contributed by atoms with E-state index < -0.39 is 12.0 Å². The van der Waals surface area contributed by atoms with Crippen LogP contribution in [0.1, 0.15) is 25.7 Å². The van der Waals surface area contributed by atoms with Gasteiger partial charge in [-0.25, -0.2) is 4.79 Å². The molecule has 0 spiro atoms. The number of carboxylic acids is 1. The first kappa shape index (κ1) is 15.9. The topological polar surface area (TPSA) is 78.4 Å². The van der Waals surface area contributed by atoms with Gasteiger partial charge >= 0.3 is 12.0 Å². The summed E-state index contributed by atoms with van der Waals surface area (Å²) in [6, 6.07) is 4.24. The predicted octanol–water partition coefficient (Wildman–Crippen LogP) is 3.76. The molecule has 1 aliphatic carbocycles. The van der Waals surface area contributed by atoms with Crippen LogP contribution in [0.5, 0.6) is 0 Å². The first-order chi connectivity index (χ1) is 9.95. The summed E-state index contributed by atoms with van der Waals surface area (Å²) in [5.74, 6) is -1.20. The maximum Gasteiger partial charge on any atom is 0.319 e. The third-order valence-electron chi connectivity index (χ3n) is 3.54. The number of benzene rings is 1. The van der Waals surface area contributed by atoms with Crippen LogP contribution < -0.4 is 10.6 Å². The summed E-state index contributed by atoms with van der Waals surface area (Å²) >= 11 is 11.8. The maximum absolute atomic E-state index is 11.9. The number of aliphatic carboxylic acids is 1. The van der Waals surface area contributed by atoms with E-state index in [1.807, 2.05) is 0 Å². The highest BCUT2D eigenvalue weighted by Gasteiger charge is 2.27. The molecule has 7 heteroatoms. The Morgan fingerprint density at radius 1 is 1.24 bits per heavy atom. The number of anilines is 1. The van der Waals surface area contributed by atoms with Gasteiger partial charge in [0.15, 0.2) is 0 Å². The van der Waals surface area contributed by atoms with Crippen molar-refractivity contribution in [2.24, 2.45) is 5.92 Å². The zero-order chi connectivity index (χ0) is 15.4. The van der Waals surface area contributed by atoms with Gasteiger partial charge in [0.25, 0.3) is 0 Å². The van der Waals surface area contributed by atoms with Crippen LogP contribution in [-0.2, 0) is 4.79 Å². The Bertz CT molecular complexity index is 551. The van der Waals surface area contributed by atoms with Crippen LogP contribution in [0.4, 0.5) is 10.5 Å². The lowest BCUT2D eigenvalue weighted by atomic mass is 9.86. The molecule has 2 unspecified atom stereocenters. The molecule has 0 aromatic heterocycles. The van der Waals surface area contributed by atoms with Gasteiger partial charge in [-0.15, -0.1) is 0 Å². The SMILES string of the molecule is O=C(Nc1cc(Cl)ccc1Cl)NC1CCCC(C(=O)O)C1. The molecular formula is C14H16Cl2N2O3. The quantitative estimate of drug-likeness (QED) is 0.789. The highest BCUT2D eigenvalue weighted by molar-refractivity contribution is 6.35. The Labute approximate surface area is 132 Å². The zero-order valence-corrected chi connectivity index (χ0v) is 12.7. The second kappa shape index (κ2) is 7.00. The third-order valence-corrected chi connectivity index (χ3v) is 4.10. The molecule has 0 heterocycles. The van der Waals surface area contributed by atoms with Crippen LogP contribution in [0.2, 0.25) is 10.0 Å². The Hall–Kier alpha value is -1.46. The Kier molecular flexibility index (Phi) is 5.31. The van der Waals surface area contributed by atoms with E-state index in [-0.39, 0.29) is 12.0 Å². The van der Waals surface area contributed by atoms with Gasteiger partial charge in [0, 0.05) is 11.1 Å². The zero-order valence-electron chi connectivity index (χ0n) is 11.2. The highest BCUT2D eigenvalue weighted by Crippen LogP contribution is 2.26. The predicted molar refractivity (Wildman–Crippen MR) is 82.0 cm³/mol. The summed E-state index contributed by atoms with van der Waals surface area (Å²) in [5.41, 5.74) is 0.423. The average molecular weight is 331 g/mol. The van der Waals surface area contributed by atoms with Crippen LogP contribution in [0.15, 0.2) is 18.2 Å². The van der Waals surface area contributed by atoms with E-state index in [9.17, 15) is 9.59 Å². The van der Waals surface area contributed by atoms with Gasteiger partial charge in [-0.1, -0.05) is 29.6 Å². The van der Waals surface area contributed by atoms with E-state index in [2.05, 4.69) is 10.6 Å². The number of amides is 2. The first-order valence-corrected chi connectivity index (χ1v) is 7.46. The third kappa shape index (κ3) is 4.51. The van der Waals surface area contributed by atoms with Crippen molar-refractivity contribution in [3.8, 4) is 0 Å². The van der Waals surface area contributed by atoms with E-state index in [4.69, 9.17) is 28.3 Å². The van der Waals surface area contributed by atoms with Crippen molar-refractivity contribution in [3.63, 3.8) is 0 Å². The fourth-order valence-electron chi connectivity index (χ4n) is 2.48. The van der Waals surface area contributed by atoms with Gasteiger partial charge in [0.05, 0.1) is 16.6 Å². The molecule has 0 radical (unpaired) electrons. The van der Waals surface area contributed by atoms with E-state index >= 15 is 0 Å². The number of rotatable bonds is 3. The van der Waals surface area contributed by atoms with E-state index in [0.29, 0.717) is 28.6 Å². The number of carboxylic acid groups (broad SMARTS) is 1. The summed E-state index contributed by atoms with van der Waals surface area (Å²) in [6.07, 6.45) is 2.68. The number of nitrogens with one attached hydrogen (secondary N) is 2. The van der Waals surface area contributed by atoms with Crippen molar-refractivity contribution in [1.29, 1.82) is 0 Å². The fraction of sp³-hybridized carbons (Fsp3) is 0.429. The molecule has 0 saturated heterocycles. The molecule has 1 fully saturated rings. The first-order valence-electron chi connectivity index (χ1n) is 6.71.